The summed E-state index contributed by atoms with van der Waals surface area (Å²) in [6.45, 7) is 1.02. The third-order valence-electron chi connectivity index (χ3n) is 2.67. The van der Waals surface area contributed by atoms with Crippen LogP contribution < -0.4 is 5.32 Å². The van der Waals surface area contributed by atoms with Gasteiger partial charge in [0.15, 0.2) is 0 Å². The number of nitrogens with one attached hydrogen (secondary N) is 1. The second-order valence-corrected chi connectivity index (χ2v) is 4.57. The molecule has 0 spiro atoms. The lowest BCUT2D eigenvalue weighted by Gasteiger charge is -2.23. The molecule has 1 aliphatic rings. The molecule has 76 valence electrons. The fourth-order valence-electron chi connectivity index (χ4n) is 1.97. The largest absolute Gasteiger partial charge is 0.305 e. The first kappa shape index (κ1) is 9.00. The SMILES string of the molecule is c1cnc(C2NCCc3sccc32)cn1. The summed E-state index contributed by atoms with van der Waals surface area (Å²) in [6, 6.07) is 2.42. The lowest BCUT2D eigenvalue weighted by Crippen LogP contribution is -2.30. The minimum atomic E-state index is 0.230. The molecule has 1 aliphatic heterocycles. The quantitative estimate of drug-likeness (QED) is 0.791. The van der Waals surface area contributed by atoms with Crippen molar-refractivity contribution in [3.63, 3.8) is 0 Å². The molecule has 0 fully saturated rings. The van der Waals surface area contributed by atoms with Crippen molar-refractivity contribution in [1.29, 1.82) is 0 Å². The monoisotopic (exact) mass is 217 g/mol. The molecule has 2 aromatic rings. The van der Waals surface area contributed by atoms with Crippen LogP contribution in [0.4, 0.5) is 0 Å². The van der Waals surface area contributed by atoms with Crippen LogP contribution in [0.3, 0.4) is 0 Å². The average Bonchev–Trinajstić information content (AvgIpc) is 2.78. The van der Waals surface area contributed by atoms with Gasteiger partial charge in [-0.2, -0.15) is 0 Å². The third-order valence-corrected chi connectivity index (χ3v) is 3.67. The number of hydrogen-bond donors (Lipinski definition) is 1. The molecule has 3 nitrogen and oxygen atoms in total. The summed E-state index contributed by atoms with van der Waals surface area (Å²) in [7, 11) is 0. The highest BCUT2D eigenvalue weighted by molar-refractivity contribution is 7.10. The van der Waals surface area contributed by atoms with Gasteiger partial charge in [-0.3, -0.25) is 9.97 Å². The summed E-state index contributed by atoms with van der Waals surface area (Å²) in [6.07, 6.45) is 6.42. The van der Waals surface area contributed by atoms with E-state index in [2.05, 4.69) is 26.7 Å². The lowest BCUT2D eigenvalue weighted by molar-refractivity contribution is 0.561. The molecule has 3 rings (SSSR count). The molecule has 0 bridgehead atoms. The molecule has 0 amide bonds. The van der Waals surface area contributed by atoms with Crippen molar-refractivity contribution in [2.45, 2.75) is 12.5 Å². The summed E-state index contributed by atoms with van der Waals surface area (Å²) in [5, 5.41) is 5.64. The summed E-state index contributed by atoms with van der Waals surface area (Å²) in [5.41, 5.74) is 2.38. The van der Waals surface area contributed by atoms with Crippen molar-refractivity contribution < 1.29 is 0 Å². The number of nitrogens with zero attached hydrogens (tertiary/aromatic N) is 2. The smallest absolute Gasteiger partial charge is 0.0801 e. The fourth-order valence-corrected chi connectivity index (χ4v) is 2.90. The molecule has 1 N–H and O–H groups in total. The van der Waals surface area contributed by atoms with Gasteiger partial charge in [0.05, 0.1) is 17.9 Å². The Labute approximate surface area is 92.2 Å². The molecule has 3 heterocycles. The molecule has 15 heavy (non-hydrogen) atoms. The van der Waals surface area contributed by atoms with Crippen LogP contribution in [-0.4, -0.2) is 16.5 Å². The van der Waals surface area contributed by atoms with Crippen LogP contribution in [0, 0.1) is 0 Å². The zero-order chi connectivity index (χ0) is 10.1. The van der Waals surface area contributed by atoms with E-state index in [1.54, 1.807) is 12.4 Å². The molecule has 0 aliphatic carbocycles. The van der Waals surface area contributed by atoms with Gasteiger partial charge in [-0.1, -0.05) is 0 Å². The summed E-state index contributed by atoms with van der Waals surface area (Å²) in [5.74, 6) is 0. The van der Waals surface area contributed by atoms with E-state index >= 15 is 0 Å². The van der Waals surface area contributed by atoms with Crippen molar-refractivity contribution >= 4 is 11.3 Å². The van der Waals surface area contributed by atoms with Gasteiger partial charge < -0.3 is 5.32 Å². The Balaban J connectivity index is 2.03. The van der Waals surface area contributed by atoms with E-state index in [0.29, 0.717) is 0 Å². The molecule has 1 atom stereocenters. The molecule has 2 aromatic heterocycles. The number of fused-ring (bicyclic) bond motifs is 1. The van der Waals surface area contributed by atoms with Crippen molar-refractivity contribution in [3.05, 3.63) is 46.2 Å². The maximum absolute atomic E-state index is 4.36. The van der Waals surface area contributed by atoms with Crippen molar-refractivity contribution in [2.24, 2.45) is 0 Å². The highest BCUT2D eigenvalue weighted by atomic mass is 32.1. The Morgan fingerprint density at radius 2 is 2.40 bits per heavy atom. The van der Waals surface area contributed by atoms with Crippen molar-refractivity contribution in [3.8, 4) is 0 Å². The zero-order valence-corrected chi connectivity index (χ0v) is 9.00. The molecular weight excluding hydrogens is 206 g/mol. The highest BCUT2D eigenvalue weighted by Crippen LogP contribution is 2.30. The second kappa shape index (κ2) is 3.72. The van der Waals surface area contributed by atoms with Gasteiger partial charge in [0, 0.05) is 23.8 Å². The highest BCUT2D eigenvalue weighted by Gasteiger charge is 2.22. The van der Waals surface area contributed by atoms with Gasteiger partial charge in [0.25, 0.3) is 0 Å². The zero-order valence-electron chi connectivity index (χ0n) is 8.18. The van der Waals surface area contributed by atoms with E-state index in [-0.39, 0.29) is 6.04 Å². The standard InChI is InChI=1S/C11H11N3S/c1-3-14-11(8-2-6-15-10(1)8)9-7-12-4-5-13-9/h2,4-7,11,14H,1,3H2. The van der Waals surface area contributed by atoms with E-state index in [4.69, 9.17) is 0 Å². The summed E-state index contributed by atoms with van der Waals surface area (Å²) < 4.78 is 0. The molecule has 0 aromatic carbocycles. The first-order valence-corrected chi connectivity index (χ1v) is 5.88. The van der Waals surface area contributed by atoms with Crippen molar-refractivity contribution in [2.75, 3.05) is 6.54 Å². The van der Waals surface area contributed by atoms with Crippen LogP contribution in [0.25, 0.3) is 0 Å². The molecular formula is C11H11N3S. The first-order chi connectivity index (χ1) is 7.45. The summed E-state index contributed by atoms with van der Waals surface area (Å²) >= 11 is 1.84. The predicted octanol–water partition coefficient (Wildman–Crippen LogP) is 1.77. The van der Waals surface area contributed by atoms with E-state index in [9.17, 15) is 0 Å². The van der Waals surface area contributed by atoms with Gasteiger partial charge in [-0.15, -0.1) is 11.3 Å². The Bertz CT molecular complexity index is 452. The molecule has 0 radical (unpaired) electrons. The summed E-state index contributed by atoms with van der Waals surface area (Å²) in [4.78, 5) is 9.95. The van der Waals surface area contributed by atoms with Gasteiger partial charge in [0.2, 0.25) is 0 Å². The fraction of sp³-hybridized carbons (Fsp3) is 0.273. The Morgan fingerprint density at radius 3 is 3.27 bits per heavy atom. The molecule has 1 unspecified atom stereocenters. The van der Waals surface area contributed by atoms with Gasteiger partial charge in [-0.05, 0) is 23.4 Å². The number of hydrogen-bond acceptors (Lipinski definition) is 4. The van der Waals surface area contributed by atoms with Crippen LogP contribution in [-0.2, 0) is 6.42 Å². The lowest BCUT2D eigenvalue weighted by atomic mass is 10.00. The van der Waals surface area contributed by atoms with E-state index < -0.39 is 0 Å². The maximum atomic E-state index is 4.36. The molecule has 4 heteroatoms. The topological polar surface area (TPSA) is 37.8 Å². The van der Waals surface area contributed by atoms with E-state index in [1.807, 2.05) is 17.5 Å². The van der Waals surface area contributed by atoms with E-state index in [1.165, 1.54) is 10.4 Å². The van der Waals surface area contributed by atoms with Gasteiger partial charge >= 0.3 is 0 Å². The Kier molecular flexibility index (Phi) is 2.23. The molecule has 0 saturated heterocycles. The van der Waals surface area contributed by atoms with Crippen LogP contribution in [0.1, 0.15) is 22.2 Å². The van der Waals surface area contributed by atoms with Gasteiger partial charge in [0.1, 0.15) is 0 Å². The van der Waals surface area contributed by atoms with Gasteiger partial charge in [-0.25, -0.2) is 0 Å². The van der Waals surface area contributed by atoms with E-state index in [0.717, 1.165) is 18.7 Å². The number of rotatable bonds is 1. The second-order valence-electron chi connectivity index (χ2n) is 3.57. The average molecular weight is 217 g/mol. The maximum Gasteiger partial charge on any atom is 0.0801 e. The van der Waals surface area contributed by atoms with Crippen molar-refractivity contribution in [1.82, 2.24) is 15.3 Å². The Morgan fingerprint density at radius 1 is 1.40 bits per heavy atom. The Hall–Kier alpha value is -1.26. The minimum absolute atomic E-state index is 0.230. The minimum Gasteiger partial charge on any atom is -0.305 e. The first-order valence-electron chi connectivity index (χ1n) is 5.01. The normalized spacial score (nSPS) is 19.9. The van der Waals surface area contributed by atoms with Crippen LogP contribution in [0.5, 0.6) is 0 Å². The number of thiophene rings is 1. The number of aromatic nitrogens is 2. The molecule has 0 saturated carbocycles. The van der Waals surface area contributed by atoms with Crippen LogP contribution in [0.15, 0.2) is 30.0 Å². The third kappa shape index (κ3) is 1.56. The van der Waals surface area contributed by atoms with Crippen LogP contribution >= 0.6 is 11.3 Å². The predicted molar refractivity (Wildman–Crippen MR) is 59.9 cm³/mol. The van der Waals surface area contributed by atoms with Crippen LogP contribution in [0.2, 0.25) is 0 Å².